The smallest absolute Gasteiger partial charge is 0.227 e. The fraction of sp³-hybridized carbons (Fsp3) is 0.778. The van der Waals surface area contributed by atoms with Crippen LogP contribution in [0.3, 0.4) is 0 Å². The van der Waals surface area contributed by atoms with E-state index in [1.54, 1.807) is 0 Å². The van der Waals surface area contributed by atoms with Gasteiger partial charge in [-0.25, -0.2) is 0 Å². The van der Waals surface area contributed by atoms with Crippen molar-refractivity contribution in [2.75, 3.05) is 6.54 Å². The number of aliphatic hydroxyl groups excluding tert-OH is 1. The lowest BCUT2D eigenvalue weighted by Crippen LogP contribution is -2.28. The van der Waals surface area contributed by atoms with Crippen molar-refractivity contribution in [3.63, 3.8) is 0 Å². The number of hydrogen-bond donors (Lipinski definition) is 2. The molecule has 0 heterocycles. The maximum atomic E-state index is 10.9. The molecule has 4 heteroatoms. The Bertz CT molecular complexity index is 180. The molecular formula is C9H17NO3. The van der Waals surface area contributed by atoms with Gasteiger partial charge in [-0.2, -0.15) is 0 Å². The average Bonchev–Trinajstić information content (AvgIpc) is 2.02. The zero-order chi connectivity index (χ0) is 10.3. The molecule has 0 rings (SSSR count). The van der Waals surface area contributed by atoms with Gasteiger partial charge < -0.3 is 10.4 Å². The van der Waals surface area contributed by atoms with Gasteiger partial charge in [-0.05, 0) is 19.8 Å². The molecule has 0 aromatic rings. The van der Waals surface area contributed by atoms with Crippen molar-refractivity contribution in [1.29, 1.82) is 0 Å². The monoisotopic (exact) mass is 187 g/mol. The van der Waals surface area contributed by atoms with E-state index in [1.165, 1.54) is 6.92 Å². The predicted octanol–water partition coefficient (Wildman–Crippen LogP) is 0.243. The van der Waals surface area contributed by atoms with Gasteiger partial charge in [0.2, 0.25) is 5.91 Å². The molecule has 0 saturated carbocycles. The minimum absolute atomic E-state index is 0.0672. The van der Waals surface area contributed by atoms with E-state index < -0.39 is 0 Å². The van der Waals surface area contributed by atoms with Gasteiger partial charge in [0.25, 0.3) is 0 Å². The number of rotatable bonds is 6. The zero-order valence-corrected chi connectivity index (χ0v) is 8.17. The van der Waals surface area contributed by atoms with E-state index in [0.717, 1.165) is 0 Å². The summed E-state index contributed by atoms with van der Waals surface area (Å²) in [7, 11) is 0. The molecule has 0 fully saturated rings. The fourth-order valence-electron chi connectivity index (χ4n) is 0.871. The van der Waals surface area contributed by atoms with Gasteiger partial charge in [-0.15, -0.1) is 0 Å². The first kappa shape index (κ1) is 12.1. The third-order valence-electron chi connectivity index (χ3n) is 1.68. The number of hydrogen-bond acceptors (Lipinski definition) is 3. The molecule has 1 amide bonds. The summed E-state index contributed by atoms with van der Waals surface area (Å²) in [6.45, 7) is 3.68. The number of aliphatic hydroxyl groups is 1. The predicted molar refractivity (Wildman–Crippen MR) is 49.2 cm³/mol. The highest BCUT2D eigenvalue weighted by atomic mass is 16.3. The highest BCUT2D eigenvalue weighted by Gasteiger charge is 2.05. The van der Waals surface area contributed by atoms with Crippen LogP contribution >= 0.6 is 0 Å². The first-order valence-corrected chi connectivity index (χ1v) is 4.50. The van der Waals surface area contributed by atoms with Crippen LogP contribution in [-0.2, 0) is 9.59 Å². The third kappa shape index (κ3) is 7.46. The van der Waals surface area contributed by atoms with Gasteiger partial charge in [-0.1, -0.05) is 6.92 Å². The van der Waals surface area contributed by atoms with Crippen LogP contribution in [0.15, 0.2) is 0 Å². The molecule has 4 nitrogen and oxygen atoms in total. The topological polar surface area (TPSA) is 66.4 Å². The number of carbonyl (C=O) groups excluding carboxylic acids is 2. The zero-order valence-electron chi connectivity index (χ0n) is 8.17. The molecule has 76 valence electrons. The van der Waals surface area contributed by atoms with Gasteiger partial charge in [0.15, 0.2) is 0 Å². The number of Topliss-reactive ketones (excluding diaryl/α,β-unsaturated/α-hetero) is 1. The van der Waals surface area contributed by atoms with E-state index in [9.17, 15) is 9.59 Å². The molecule has 0 radical (unpaired) electrons. The molecule has 0 aliphatic heterocycles. The summed E-state index contributed by atoms with van der Waals surface area (Å²) in [4.78, 5) is 21.4. The van der Waals surface area contributed by atoms with E-state index in [2.05, 4.69) is 5.32 Å². The number of carbonyl (C=O) groups is 2. The van der Waals surface area contributed by atoms with E-state index in [-0.39, 0.29) is 24.2 Å². The second kappa shape index (κ2) is 6.60. The van der Waals surface area contributed by atoms with Gasteiger partial charge in [0.1, 0.15) is 5.78 Å². The Morgan fingerprint density at radius 1 is 1.46 bits per heavy atom. The summed E-state index contributed by atoms with van der Waals surface area (Å²) >= 11 is 0. The Morgan fingerprint density at radius 2 is 2.08 bits per heavy atom. The summed E-state index contributed by atoms with van der Waals surface area (Å²) in [6, 6.07) is 0. The summed E-state index contributed by atoms with van der Waals surface area (Å²) in [5, 5.41) is 11.7. The molecule has 1 unspecified atom stereocenters. The SMILES string of the molecule is CCC(O)CCNC(=O)CC(C)=O. The molecule has 0 aromatic heterocycles. The lowest BCUT2D eigenvalue weighted by atomic mass is 10.2. The summed E-state index contributed by atoms with van der Waals surface area (Å²) in [6.07, 6.45) is 0.794. The van der Waals surface area contributed by atoms with Crippen LogP contribution in [-0.4, -0.2) is 29.4 Å². The van der Waals surface area contributed by atoms with Crippen LogP contribution in [0, 0.1) is 0 Å². The summed E-state index contributed by atoms with van der Waals surface area (Å²) in [5.41, 5.74) is 0. The van der Waals surface area contributed by atoms with Crippen LogP contribution in [0.25, 0.3) is 0 Å². The molecule has 1 atom stereocenters. The largest absolute Gasteiger partial charge is 0.393 e. The average molecular weight is 187 g/mol. The van der Waals surface area contributed by atoms with Crippen molar-refractivity contribution in [1.82, 2.24) is 5.32 Å². The van der Waals surface area contributed by atoms with Gasteiger partial charge in [0, 0.05) is 6.54 Å². The fourth-order valence-corrected chi connectivity index (χ4v) is 0.871. The maximum Gasteiger partial charge on any atom is 0.227 e. The number of amides is 1. The molecule has 0 aromatic carbocycles. The van der Waals surface area contributed by atoms with Gasteiger partial charge >= 0.3 is 0 Å². The Hall–Kier alpha value is -0.900. The van der Waals surface area contributed by atoms with E-state index in [4.69, 9.17) is 5.11 Å². The molecule has 0 aliphatic carbocycles. The molecule has 0 aliphatic rings. The van der Waals surface area contributed by atoms with Crippen molar-refractivity contribution >= 4 is 11.7 Å². The molecule has 0 saturated heterocycles. The number of ketones is 1. The molecule has 0 spiro atoms. The molecule has 13 heavy (non-hydrogen) atoms. The lowest BCUT2D eigenvalue weighted by molar-refractivity contribution is -0.127. The Balaban J connectivity index is 3.42. The third-order valence-corrected chi connectivity index (χ3v) is 1.68. The second-order valence-corrected chi connectivity index (χ2v) is 3.08. The van der Waals surface area contributed by atoms with Crippen molar-refractivity contribution in [3.05, 3.63) is 0 Å². The Labute approximate surface area is 78.3 Å². The van der Waals surface area contributed by atoms with Crippen LogP contribution in [0.5, 0.6) is 0 Å². The van der Waals surface area contributed by atoms with Gasteiger partial charge in [-0.3, -0.25) is 9.59 Å². The first-order chi connectivity index (χ1) is 6.06. The first-order valence-electron chi connectivity index (χ1n) is 4.50. The van der Waals surface area contributed by atoms with Crippen LogP contribution < -0.4 is 5.32 Å². The van der Waals surface area contributed by atoms with E-state index >= 15 is 0 Å². The van der Waals surface area contributed by atoms with Crippen molar-refractivity contribution in [2.24, 2.45) is 0 Å². The normalized spacial score (nSPS) is 12.2. The van der Waals surface area contributed by atoms with Crippen LogP contribution in [0.4, 0.5) is 0 Å². The highest BCUT2D eigenvalue weighted by Crippen LogP contribution is 1.94. The standard InChI is InChI=1S/C9H17NO3/c1-3-8(12)4-5-10-9(13)6-7(2)11/h8,12H,3-6H2,1-2H3,(H,10,13). The molecule has 0 bridgehead atoms. The van der Waals surface area contributed by atoms with Crippen LogP contribution in [0.2, 0.25) is 0 Å². The van der Waals surface area contributed by atoms with E-state index in [1.807, 2.05) is 6.92 Å². The van der Waals surface area contributed by atoms with Crippen molar-refractivity contribution < 1.29 is 14.7 Å². The number of nitrogens with one attached hydrogen (secondary N) is 1. The lowest BCUT2D eigenvalue weighted by Gasteiger charge is -2.07. The Kier molecular flexibility index (Phi) is 6.14. The summed E-state index contributed by atoms with van der Waals surface area (Å²) in [5.74, 6) is -0.413. The van der Waals surface area contributed by atoms with Gasteiger partial charge in [0.05, 0.1) is 12.5 Å². The van der Waals surface area contributed by atoms with Crippen molar-refractivity contribution in [3.8, 4) is 0 Å². The Morgan fingerprint density at radius 3 is 2.54 bits per heavy atom. The quantitative estimate of drug-likeness (QED) is 0.585. The van der Waals surface area contributed by atoms with Crippen molar-refractivity contribution in [2.45, 2.75) is 39.2 Å². The second-order valence-electron chi connectivity index (χ2n) is 3.08. The minimum Gasteiger partial charge on any atom is -0.393 e. The highest BCUT2D eigenvalue weighted by molar-refractivity contribution is 5.96. The summed E-state index contributed by atoms with van der Waals surface area (Å²) < 4.78 is 0. The maximum absolute atomic E-state index is 10.9. The molecular weight excluding hydrogens is 170 g/mol. The molecule has 2 N–H and O–H groups in total. The minimum atomic E-state index is -0.363. The van der Waals surface area contributed by atoms with Crippen LogP contribution in [0.1, 0.15) is 33.1 Å². The van der Waals surface area contributed by atoms with E-state index in [0.29, 0.717) is 19.4 Å².